The van der Waals surface area contributed by atoms with Crippen LogP contribution in [0.25, 0.3) is 0 Å². The molecule has 4 heteroatoms. The zero-order chi connectivity index (χ0) is 14.7. The van der Waals surface area contributed by atoms with Crippen molar-refractivity contribution in [3.8, 4) is 11.5 Å². The Balaban J connectivity index is 2.17. The van der Waals surface area contributed by atoms with Crippen LogP contribution in [0, 0.1) is 0 Å². The number of benzene rings is 1. The highest BCUT2D eigenvalue weighted by Gasteiger charge is 2.22. The molecule has 0 unspecified atom stereocenters. The van der Waals surface area contributed by atoms with E-state index in [1.54, 1.807) is 14.2 Å². The second-order valence-corrected chi connectivity index (χ2v) is 4.79. The van der Waals surface area contributed by atoms with Gasteiger partial charge in [0.25, 0.3) is 0 Å². The molecule has 21 heavy (non-hydrogen) atoms. The monoisotopic (exact) mass is 282 g/mol. The average molecular weight is 282 g/mol. The predicted octanol–water partition coefficient (Wildman–Crippen LogP) is 3.54. The van der Waals surface area contributed by atoms with E-state index in [0.717, 1.165) is 28.5 Å². The molecule has 0 radical (unpaired) electrons. The first-order chi connectivity index (χ1) is 10.3. The van der Waals surface area contributed by atoms with Gasteiger partial charge in [-0.2, -0.15) is 0 Å². The van der Waals surface area contributed by atoms with Crippen LogP contribution in [-0.4, -0.2) is 24.2 Å². The summed E-state index contributed by atoms with van der Waals surface area (Å²) in [6.07, 6.45) is 3.86. The van der Waals surface area contributed by atoms with E-state index in [2.05, 4.69) is 22.1 Å². The van der Waals surface area contributed by atoms with Gasteiger partial charge in [-0.1, -0.05) is 0 Å². The first-order valence-electron chi connectivity index (χ1n) is 6.82. The molecular formula is C17H18N2O2. The van der Waals surface area contributed by atoms with Gasteiger partial charge in [-0.15, -0.1) is 0 Å². The largest absolute Gasteiger partial charge is 0.497 e. The van der Waals surface area contributed by atoms with E-state index in [-0.39, 0.29) is 5.92 Å². The topological polar surface area (TPSA) is 50.0 Å². The van der Waals surface area contributed by atoms with Crippen molar-refractivity contribution >= 4 is 0 Å². The van der Waals surface area contributed by atoms with Crippen molar-refractivity contribution in [3.63, 3.8) is 0 Å². The van der Waals surface area contributed by atoms with E-state index < -0.39 is 0 Å². The fraction of sp³-hybridized carbons (Fsp3) is 0.176. The molecule has 4 nitrogen and oxygen atoms in total. The zero-order valence-electron chi connectivity index (χ0n) is 12.1. The lowest BCUT2D eigenvalue weighted by Crippen LogP contribution is -2.06. The highest BCUT2D eigenvalue weighted by molar-refractivity contribution is 5.49. The molecule has 0 saturated carbocycles. The summed E-state index contributed by atoms with van der Waals surface area (Å²) >= 11 is 0. The molecule has 2 aromatic heterocycles. The smallest absolute Gasteiger partial charge is 0.123 e. The lowest BCUT2D eigenvalue weighted by Gasteiger charge is -2.19. The molecule has 0 fully saturated rings. The Morgan fingerprint density at radius 1 is 0.857 bits per heavy atom. The summed E-state index contributed by atoms with van der Waals surface area (Å²) in [5, 5.41) is 0. The molecule has 2 N–H and O–H groups in total. The quantitative estimate of drug-likeness (QED) is 0.752. The number of rotatable bonds is 5. The summed E-state index contributed by atoms with van der Waals surface area (Å²) in [5.74, 6) is 1.69. The van der Waals surface area contributed by atoms with Crippen molar-refractivity contribution in [3.05, 3.63) is 71.8 Å². The van der Waals surface area contributed by atoms with Gasteiger partial charge in [0.05, 0.1) is 20.1 Å². The molecule has 0 bridgehead atoms. The van der Waals surface area contributed by atoms with Crippen LogP contribution in [0.2, 0.25) is 0 Å². The minimum Gasteiger partial charge on any atom is -0.497 e. The van der Waals surface area contributed by atoms with Gasteiger partial charge in [0, 0.05) is 29.3 Å². The number of aromatic nitrogens is 2. The molecule has 0 aliphatic carbocycles. The lowest BCUT2D eigenvalue weighted by atomic mass is 9.91. The Morgan fingerprint density at radius 3 is 2.00 bits per heavy atom. The Hall–Kier alpha value is -2.62. The van der Waals surface area contributed by atoms with Crippen LogP contribution in [-0.2, 0) is 0 Å². The molecule has 3 rings (SSSR count). The minimum absolute atomic E-state index is 0.0417. The molecule has 2 heterocycles. The number of hydrogen-bond acceptors (Lipinski definition) is 2. The molecule has 0 atom stereocenters. The fourth-order valence-corrected chi connectivity index (χ4v) is 2.62. The van der Waals surface area contributed by atoms with E-state index in [1.807, 2.05) is 42.7 Å². The maximum absolute atomic E-state index is 5.54. The van der Waals surface area contributed by atoms with Crippen molar-refractivity contribution in [2.75, 3.05) is 14.2 Å². The van der Waals surface area contributed by atoms with Crippen LogP contribution < -0.4 is 9.47 Å². The van der Waals surface area contributed by atoms with Crippen LogP contribution in [0.5, 0.6) is 11.5 Å². The first-order valence-corrected chi connectivity index (χ1v) is 6.82. The molecule has 1 aromatic carbocycles. The molecule has 3 aromatic rings. The van der Waals surface area contributed by atoms with Crippen molar-refractivity contribution < 1.29 is 9.47 Å². The second kappa shape index (κ2) is 5.79. The predicted molar refractivity (Wildman–Crippen MR) is 82.1 cm³/mol. The number of ether oxygens (including phenoxy) is 2. The minimum atomic E-state index is 0.0417. The van der Waals surface area contributed by atoms with Gasteiger partial charge in [0.2, 0.25) is 0 Å². The third kappa shape index (κ3) is 2.52. The van der Waals surface area contributed by atoms with Gasteiger partial charge in [0.15, 0.2) is 0 Å². The van der Waals surface area contributed by atoms with Crippen LogP contribution in [0.15, 0.2) is 54.9 Å². The molecular weight excluding hydrogens is 264 g/mol. The third-order valence-corrected chi connectivity index (χ3v) is 3.61. The average Bonchev–Trinajstić information content (AvgIpc) is 3.21. The summed E-state index contributed by atoms with van der Waals surface area (Å²) < 4.78 is 10.9. The van der Waals surface area contributed by atoms with Crippen molar-refractivity contribution in [2.45, 2.75) is 5.92 Å². The van der Waals surface area contributed by atoms with Crippen LogP contribution >= 0.6 is 0 Å². The van der Waals surface area contributed by atoms with Gasteiger partial charge in [-0.25, -0.2) is 0 Å². The van der Waals surface area contributed by atoms with E-state index >= 15 is 0 Å². The van der Waals surface area contributed by atoms with Crippen LogP contribution in [0.3, 0.4) is 0 Å². The number of nitrogens with one attached hydrogen (secondary N) is 2. The first kappa shape index (κ1) is 13.4. The number of methoxy groups -OCH3 is 2. The zero-order valence-corrected chi connectivity index (χ0v) is 12.1. The van der Waals surface area contributed by atoms with Crippen molar-refractivity contribution in [1.29, 1.82) is 0 Å². The van der Waals surface area contributed by atoms with Gasteiger partial charge >= 0.3 is 0 Å². The summed E-state index contributed by atoms with van der Waals surface area (Å²) in [6.45, 7) is 0. The third-order valence-electron chi connectivity index (χ3n) is 3.61. The van der Waals surface area contributed by atoms with E-state index in [0.29, 0.717) is 0 Å². The molecule has 0 amide bonds. The van der Waals surface area contributed by atoms with Gasteiger partial charge in [-0.05, 0) is 42.5 Å². The number of aromatic amines is 2. The molecule has 0 aliphatic rings. The van der Waals surface area contributed by atoms with Crippen molar-refractivity contribution in [1.82, 2.24) is 9.97 Å². The number of hydrogen-bond donors (Lipinski definition) is 2. The summed E-state index contributed by atoms with van der Waals surface area (Å²) in [5.41, 5.74) is 3.26. The molecule has 0 aliphatic heterocycles. The van der Waals surface area contributed by atoms with E-state index in [9.17, 15) is 0 Å². The second-order valence-electron chi connectivity index (χ2n) is 4.79. The molecule has 108 valence electrons. The standard InChI is InChI=1S/C17H18N2O2/c1-20-12-7-8-16(21-2)13(11-12)17(14-5-3-9-18-14)15-6-4-10-19-15/h3-11,17-19H,1-2H3. The molecule has 0 spiro atoms. The molecule has 0 saturated heterocycles. The summed E-state index contributed by atoms with van der Waals surface area (Å²) in [7, 11) is 3.36. The number of H-pyrrole nitrogens is 2. The maximum atomic E-state index is 5.54. The van der Waals surface area contributed by atoms with Gasteiger partial charge in [0.1, 0.15) is 11.5 Å². The Labute approximate surface area is 123 Å². The Morgan fingerprint density at radius 2 is 1.52 bits per heavy atom. The van der Waals surface area contributed by atoms with E-state index in [4.69, 9.17) is 9.47 Å². The SMILES string of the molecule is COc1ccc(OC)c(C(c2ccc[nH]2)c2ccc[nH]2)c1. The Kier molecular flexibility index (Phi) is 3.69. The lowest BCUT2D eigenvalue weighted by molar-refractivity contribution is 0.398. The van der Waals surface area contributed by atoms with Crippen LogP contribution in [0.4, 0.5) is 0 Å². The van der Waals surface area contributed by atoms with E-state index in [1.165, 1.54) is 0 Å². The van der Waals surface area contributed by atoms with Crippen molar-refractivity contribution in [2.24, 2.45) is 0 Å². The summed E-state index contributed by atoms with van der Waals surface area (Å²) in [6, 6.07) is 14.0. The highest BCUT2D eigenvalue weighted by atomic mass is 16.5. The fourth-order valence-electron chi connectivity index (χ4n) is 2.62. The Bertz CT molecular complexity index is 653. The van der Waals surface area contributed by atoms with Gasteiger partial charge in [-0.3, -0.25) is 0 Å². The highest BCUT2D eigenvalue weighted by Crippen LogP contribution is 2.37. The normalized spacial score (nSPS) is 10.8. The van der Waals surface area contributed by atoms with Crippen LogP contribution in [0.1, 0.15) is 22.9 Å². The maximum Gasteiger partial charge on any atom is 0.123 e. The van der Waals surface area contributed by atoms with Gasteiger partial charge < -0.3 is 19.4 Å². The summed E-state index contributed by atoms with van der Waals surface area (Å²) in [4.78, 5) is 6.59.